The van der Waals surface area contributed by atoms with Gasteiger partial charge in [-0.05, 0) is 13.0 Å². The highest BCUT2D eigenvalue weighted by Crippen LogP contribution is 2.28. The normalized spacial score (nSPS) is 11.4. The van der Waals surface area contributed by atoms with Gasteiger partial charge in [0, 0.05) is 11.4 Å². The standard InChI is InChI=1S/C11H14F2N4OS/c1-6-4-7-9(15-2-3-18-5-8(12)13)16-11(14)17-10(7)19-6/h4,8H,2-3,5H2,1H3,(H3,14,15,16,17). The summed E-state index contributed by atoms with van der Waals surface area (Å²) in [6.45, 7) is 1.98. The number of nitrogens with one attached hydrogen (secondary N) is 1. The molecule has 5 nitrogen and oxygen atoms in total. The van der Waals surface area contributed by atoms with Gasteiger partial charge in [-0.25, -0.2) is 13.8 Å². The van der Waals surface area contributed by atoms with Crippen molar-refractivity contribution in [2.75, 3.05) is 30.8 Å². The van der Waals surface area contributed by atoms with Crippen LogP contribution in [0.25, 0.3) is 10.2 Å². The Morgan fingerprint density at radius 3 is 3.00 bits per heavy atom. The highest BCUT2D eigenvalue weighted by molar-refractivity contribution is 7.18. The van der Waals surface area contributed by atoms with Crippen LogP contribution in [0.1, 0.15) is 4.88 Å². The van der Waals surface area contributed by atoms with Gasteiger partial charge in [0.2, 0.25) is 5.95 Å². The predicted octanol–water partition coefficient (Wildman–Crippen LogP) is 2.28. The first-order valence-corrected chi connectivity index (χ1v) is 6.51. The van der Waals surface area contributed by atoms with Crippen molar-refractivity contribution in [3.05, 3.63) is 10.9 Å². The van der Waals surface area contributed by atoms with Crippen molar-refractivity contribution in [3.63, 3.8) is 0 Å². The predicted molar refractivity (Wildman–Crippen MR) is 71.9 cm³/mol. The molecule has 2 aromatic heterocycles. The molecule has 0 atom stereocenters. The average molecular weight is 288 g/mol. The molecule has 0 radical (unpaired) electrons. The minimum Gasteiger partial charge on any atom is -0.374 e. The van der Waals surface area contributed by atoms with E-state index in [1.54, 1.807) is 0 Å². The van der Waals surface area contributed by atoms with Crippen LogP contribution in [0, 0.1) is 6.92 Å². The number of halogens is 2. The maximum atomic E-state index is 11.9. The molecule has 0 aliphatic carbocycles. The zero-order valence-electron chi connectivity index (χ0n) is 10.3. The molecule has 2 aromatic rings. The van der Waals surface area contributed by atoms with Crippen LogP contribution in [0.4, 0.5) is 20.5 Å². The molecule has 0 aromatic carbocycles. The van der Waals surface area contributed by atoms with Gasteiger partial charge in [0.1, 0.15) is 17.3 Å². The van der Waals surface area contributed by atoms with Gasteiger partial charge >= 0.3 is 0 Å². The zero-order chi connectivity index (χ0) is 13.8. The molecule has 0 fully saturated rings. The van der Waals surface area contributed by atoms with Crippen molar-refractivity contribution in [3.8, 4) is 0 Å². The number of nitrogens with two attached hydrogens (primary N) is 1. The van der Waals surface area contributed by atoms with Crippen LogP contribution in [0.15, 0.2) is 6.07 Å². The molecule has 0 amide bonds. The van der Waals surface area contributed by atoms with Crippen molar-refractivity contribution < 1.29 is 13.5 Å². The fourth-order valence-corrected chi connectivity index (χ4v) is 2.49. The molecule has 0 saturated heterocycles. The van der Waals surface area contributed by atoms with E-state index in [1.807, 2.05) is 13.0 Å². The lowest BCUT2D eigenvalue weighted by Gasteiger charge is -2.07. The molecule has 2 heterocycles. The Morgan fingerprint density at radius 1 is 1.47 bits per heavy atom. The van der Waals surface area contributed by atoms with Crippen molar-refractivity contribution in [1.82, 2.24) is 9.97 Å². The summed E-state index contributed by atoms with van der Waals surface area (Å²) in [6.07, 6.45) is -2.44. The number of hydrogen-bond acceptors (Lipinski definition) is 6. The smallest absolute Gasteiger partial charge is 0.261 e. The van der Waals surface area contributed by atoms with Gasteiger partial charge < -0.3 is 15.8 Å². The molecule has 0 unspecified atom stereocenters. The van der Waals surface area contributed by atoms with Crippen LogP contribution < -0.4 is 11.1 Å². The summed E-state index contributed by atoms with van der Waals surface area (Å²) in [4.78, 5) is 10.2. The number of thiophene rings is 1. The summed E-state index contributed by atoms with van der Waals surface area (Å²) in [5, 5.41) is 3.90. The number of nitrogen functional groups attached to an aromatic ring is 1. The molecule has 3 N–H and O–H groups in total. The van der Waals surface area contributed by atoms with Crippen LogP contribution in [0.2, 0.25) is 0 Å². The molecule has 0 aliphatic heterocycles. The molecule has 0 spiro atoms. The average Bonchev–Trinajstić information content (AvgIpc) is 2.68. The summed E-state index contributed by atoms with van der Waals surface area (Å²) < 4.78 is 28.5. The third-order valence-corrected chi connectivity index (χ3v) is 3.26. The Labute approximate surface area is 112 Å². The monoisotopic (exact) mass is 288 g/mol. The van der Waals surface area contributed by atoms with E-state index in [4.69, 9.17) is 10.5 Å². The number of rotatable bonds is 6. The van der Waals surface area contributed by atoms with Crippen LogP contribution in [-0.4, -0.2) is 36.2 Å². The largest absolute Gasteiger partial charge is 0.374 e. The van der Waals surface area contributed by atoms with Crippen molar-refractivity contribution in [2.45, 2.75) is 13.3 Å². The molecule has 2 rings (SSSR count). The van der Waals surface area contributed by atoms with Gasteiger partial charge in [-0.3, -0.25) is 0 Å². The number of nitrogens with zero attached hydrogens (tertiary/aromatic N) is 2. The summed E-state index contributed by atoms with van der Waals surface area (Å²) in [6, 6.07) is 1.96. The van der Waals surface area contributed by atoms with E-state index in [0.29, 0.717) is 12.4 Å². The Bertz CT molecular complexity index is 561. The van der Waals surface area contributed by atoms with E-state index in [1.165, 1.54) is 11.3 Å². The Hall–Kier alpha value is -1.54. The molecule has 0 saturated carbocycles. The van der Waals surface area contributed by atoms with Crippen molar-refractivity contribution in [1.29, 1.82) is 0 Å². The SMILES string of the molecule is Cc1cc2c(NCCOCC(F)F)nc(N)nc2s1. The number of aryl methyl sites for hydroxylation is 1. The lowest BCUT2D eigenvalue weighted by Crippen LogP contribution is -2.14. The third-order valence-electron chi connectivity index (χ3n) is 2.32. The molecule has 8 heteroatoms. The summed E-state index contributed by atoms with van der Waals surface area (Å²) >= 11 is 1.53. The fraction of sp³-hybridized carbons (Fsp3) is 0.455. The first-order valence-electron chi connectivity index (χ1n) is 5.69. The number of fused-ring (bicyclic) bond motifs is 1. The number of aromatic nitrogens is 2. The molecule has 0 aliphatic rings. The van der Waals surface area contributed by atoms with Crippen molar-refractivity contribution >= 4 is 33.3 Å². The fourth-order valence-electron chi connectivity index (χ4n) is 1.61. The van der Waals surface area contributed by atoms with E-state index in [9.17, 15) is 8.78 Å². The van der Waals surface area contributed by atoms with Crippen LogP contribution >= 0.6 is 11.3 Å². The van der Waals surface area contributed by atoms with E-state index in [0.717, 1.165) is 15.1 Å². The first kappa shape index (κ1) is 13.9. The van der Waals surface area contributed by atoms with Crippen LogP contribution in [0.5, 0.6) is 0 Å². The summed E-state index contributed by atoms with van der Waals surface area (Å²) in [5.41, 5.74) is 5.62. The minimum atomic E-state index is -2.44. The number of ether oxygens (including phenoxy) is 1. The zero-order valence-corrected chi connectivity index (χ0v) is 11.1. The van der Waals surface area contributed by atoms with E-state index in [2.05, 4.69) is 15.3 Å². The Morgan fingerprint density at radius 2 is 2.26 bits per heavy atom. The number of hydrogen-bond donors (Lipinski definition) is 2. The highest BCUT2D eigenvalue weighted by Gasteiger charge is 2.09. The quantitative estimate of drug-likeness (QED) is 0.798. The summed E-state index contributed by atoms with van der Waals surface area (Å²) in [7, 11) is 0. The molecule has 19 heavy (non-hydrogen) atoms. The highest BCUT2D eigenvalue weighted by atomic mass is 32.1. The summed E-state index contributed by atoms with van der Waals surface area (Å²) in [5.74, 6) is 0.790. The Kier molecular flexibility index (Phi) is 4.43. The van der Waals surface area contributed by atoms with Gasteiger partial charge in [-0.1, -0.05) is 0 Å². The van der Waals surface area contributed by atoms with Crippen LogP contribution in [-0.2, 0) is 4.74 Å². The molecule has 0 bridgehead atoms. The molecular formula is C11H14F2N4OS. The second-order valence-electron chi connectivity index (χ2n) is 3.90. The van der Waals surface area contributed by atoms with Gasteiger partial charge in [0.25, 0.3) is 6.43 Å². The Balaban J connectivity index is 1.99. The van der Waals surface area contributed by atoms with Gasteiger partial charge in [0.05, 0.1) is 12.0 Å². The third kappa shape index (κ3) is 3.71. The lowest BCUT2D eigenvalue weighted by atomic mass is 10.3. The van der Waals surface area contributed by atoms with E-state index >= 15 is 0 Å². The number of anilines is 2. The van der Waals surface area contributed by atoms with E-state index < -0.39 is 13.0 Å². The molecular weight excluding hydrogens is 274 g/mol. The number of alkyl halides is 2. The van der Waals surface area contributed by atoms with Crippen LogP contribution in [0.3, 0.4) is 0 Å². The van der Waals surface area contributed by atoms with Gasteiger partial charge in [-0.2, -0.15) is 4.98 Å². The minimum absolute atomic E-state index is 0.179. The maximum Gasteiger partial charge on any atom is 0.261 e. The van der Waals surface area contributed by atoms with E-state index in [-0.39, 0.29) is 12.6 Å². The van der Waals surface area contributed by atoms with Gasteiger partial charge in [0.15, 0.2) is 0 Å². The first-order chi connectivity index (χ1) is 9.06. The topological polar surface area (TPSA) is 73.1 Å². The second-order valence-corrected chi connectivity index (χ2v) is 5.13. The lowest BCUT2D eigenvalue weighted by molar-refractivity contribution is 0.0215. The van der Waals surface area contributed by atoms with Gasteiger partial charge in [-0.15, -0.1) is 11.3 Å². The maximum absolute atomic E-state index is 11.9. The second kappa shape index (κ2) is 6.07. The van der Waals surface area contributed by atoms with Crippen molar-refractivity contribution in [2.24, 2.45) is 0 Å². The molecule has 104 valence electrons.